The molecule has 0 aliphatic carbocycles. The maximum Gasteiger partial charge on any atom is 0.0644 e. The molecule has 0 amide bonds. The number of aryl methyl sites for hydroxylation is 2. The molecular weight excluding hydrogens is 599 g/mol. The Morgan fingerprint density at radius 2 is 1.05 bits per heavy atom. The van der Waals surface area contributed by atoms with E-state index < -0.39 is 12.1 Å². The van der Waals surface area contributed by atoms with Crippen LogP contribution >= 0.6 is 12.1 Å². The Labute approximate surface area is 263 Å². The number of aromatic nitrogens is 1. The second-order valence-corrected chi connectivity index (χ2v) is 20.0. The Balaban J connectivity index is 1.60. The number of fused-ring (bicyclic) bond motifs is 4. The highest BCUT2D eigenvalue weighted by Crippen LogP contribution is 2.61. The minimum atomic E-state index is -2.49. The van der Waals surface area contributed by atoms with Crippen LogP contribution in [0.4, 0.5) is 17.1 Å². The van der Waals surface area contributed by atoms with Crippen molar-refractivity contribution in [2.75, 3.05) is 4.90 Å². The van der Waals surface area contributed by atoms with E-state index in [0.717, 1.165) is 11.1 Å². The average molecular weight is 627 g/mol. The van der Waals surface area contributed by atoms with Gasteiger partial charge >= 0.3 is 0 Å². The number of hydrogen-bond donors (Lipinski definition) is 0. The molecule has 0 N–H and O–H groups in total. The van der Waals surface area contributed by atoms with Gasteiger partial charge in [0.25, 0.3) is 0 Å². The monoisotopic (exact) mass is 626 g/mol. The number of nitrogens with zero attached hydrogens (tertiary/aromatic N) is 2. The molecule has 0 saturated heterocycles. The lowest BCUT2D eigenvalue weighted by Crippen LogP contribution is -2.46. The second kappa shape index (κ2) is 9.94. The SMILES string of the molecule is Cc1ccc2c(c1)P(=S)(c1ccccc1)c1cc(-c3cccnc3)cc3c1N2c1ccc(C)cc1P3(=S)c1ccccc1. The van der Waals surface area contributed by atoms with Crippen molar-refractivity contribution in [3.63, 3.8) is 0 Å². The van der Waals surface area contributed by atoms with Gasteiger partial charge in [0, 0.05) is 51.3 Å². The van der Waals surface area contributed by atoms with Crippen molar-refractivity contribution in [1.29, 1.82) is 0 Å². The lowest BCUT2D eigenvalue weighted by molar-refractivity contribution is 1.29. The lowest BCUT2D eigenvalue weighted by Gasteiger charge is -2.47. The lowest BCUT2D eigenvalue weighted by atomic mass is 10.1. The molecule has 0 fully saturated rings. The van der Waals surface area contributed by atoms with Gasteiger partial charge in [0.05, 0.1) is 17.1 Å². The molecule has 1 aromatic heterocycles. The minimum Gasteiger partial charge on any atom is -0.308 e. The molecule has 2 atom stereocenters. The van der Waals surface area contributed by atoms with Crippen molar-refractivity contribution in [1.82, 2.24) is 4.98 Å². The van der Waals surface area contributed by atoms with Gasteiger partial charge in [-0.1, -0.05) is 114 Å². The van der Waals surface area contributed by atoms with Crippen LogP contribution in [0, 0.1) is 13.8 Å². The van der Waals surface area contributed by atoms with Crippen molar-refractivity contribution in [3.8, 4) is 11.1 Å². The van der Waals surface area contributed by atoms with Gasteiger partial charge in [-0.15, -0.1) is 0 Å². The Kier molecular flexibility index (Phi) is 6.23. The molecule has 6 heteroatoms. The first-order valence-corrected chi connectivity index (χ1v) is 19.9. The van der Waals surface area contributed by atoms with Gasteiger partial charge in [0.1, 0.15) is 0 Å². The van der Waals surface area contributed by atoms with Gasteiger partial charge < -0.3 is 4.90 Å². The maximum atomic E-state index is 7.04. The van der Waals surface area contributed by atoms with Crippen LogP contribution in [0.25, 0.3) is 11.1 Å². The van der Waals surface area contributed by atoms with Crippen LogP contribution < -0.4 is 36.7 Å². The zero-order chi connectivity index (χ0) is 29.3. The summed E-state index contributed by atoms with van der Waals surface area (Å²) in [4.78, 5) is 6.97. The van der Waals surface area contributed by atoms with Crippen molar-refractivity contribution in [3.05, 3.63) is 145 Å². The Hall–Kier alpha value is -3.65. The predicted molar refractivity (Wildman–Crippen MR) is 193 cm³/mol. The van der Waals surface area contributed by atoms with Crippen LogP contribution in [0.15, 0.2) is 134 Å². The fraction of sp³-hybridized carbons (Fsp3) is 0.0541. The van der Waals surface area contributed by atoms with E-state index in [1.54, 1.807) is 0 Å². The average Bonchev–Trinajstić information content (AvgIpc) is 3.05. The Bertz CT molecular complexity index is 2030. The zero-order valence-electron chi connectivity index (χ0n) is 23.8. The molecule has 0 bridgehead atoms. The summed E-state index contributed by atoms with van der Waals surface area (Å²) >= 11 is 14.1. The molecule has 2 aliphatic heterocycles. The third kappa shape index (κ3) is 3.88. The molecule has 8 rings (SSSR count). The van der Waals surface area contributed by atoms with Gasteiger partial charge in [-0.3, -0.25) is 4.98 Å². The van der Waals surface area contributed by atoms with Crippen LogP contribution in [0.1, 0.15) is 11.1 Å². The molecule has 208 valence electrons. The van der Waals surface area contributed by atoms with E-state index in [0.29, 0.717) is 0 Å². The molecule has 0 spiro atoms. The van der Waals surface area contributed by atoms with Crippen LogP contribution in [0.3, 0.4) is 0 Å². The number of anilines is 3. The highest BCUT2D eigenvalue weighted by Gasteiger charge is 2.46. The molecule has 3 heterocycles. The van der Waals surface area contributed by atoms with Gasteiger partial charge in [0.15, 0.2) is 0 Å². The summed E-state index contributed by atoms with van der Waals surface area (Å²) in [6.07, 6.45) is 3.78. The van der Waals surface area contributed by atoms with E-state index in [9.17, 15) is 0 Å². The Morgan fingerprint density at radius 3 is 1.51 bits per heavy atom. The summed E-state index contributed by atoms with van der Waals surface area (Å²) in [6.45, 7) is 4.33. The highest BCUT2D eigenvalue weighted by molar-refractivity contribution is 8.27. The molecular formula is C37H28N2P2S2. The topological polar surface area (TPSA) is 16.1 Å². The predicted octanol–water partition coefficient (Wildman–Crippen LogP) is 6.97. The summed E-state index contributed by atoms with van der Waals surface area (Å²) in [5.74, 6) is 0. The van der Waals surface area contributed by atoms with Crippen molar-refractivity contribution in [2.45, 2.75) is 13.8 Å². The van der Waals surface area contributed by atoms with E-state index in [-0.39, 0.29) is 0 Å². The van der Waals surface area contributed by atoms with Crippen LogP contribution in [0.2, 0.25) is 0 Å². The first-order chi connectivity index (χ1) is 20.9. The smallest absolute Gasteiger partial charge is 0.0644 e. The van der Waals surface area contributed by atoms with E-state index in [1.807, 2.05) is 18.5 Å². The highest BCUT2D eigenvalue weighted by atomic mass is 32.4. The van der Waals surface area contributed by atoms with E-state index in [4.69, 9.17) is 23.6 Å². The fourth-order valence-electron chi connectivity index (χ4n) is 6.63. The number of pyridine rings is 1. The van der Waals surface area contributed by atoms with Crippen LogP contribution in [-0.4, -0.2) is 4.98 Å². The molecule has 0 saturated carbocycles. The largest absolute Gasteiger partial charge is 0.308 e. The molecule has 2 aliphatic rings. The molecule has 0 radical (unpaired) electrons. The summed E-state index contributed by atoms with van der Waals surface area (Å²) in [5.41, 5.74) is 8.13. The van der Waals surface area contributed by atoms with Crippen LogP contribution in [0.5, 0.6) is 0 Å². The van der Waals surface area contributed by atoms with E-state index >= 15 is 0 Å². The molecule has 43 heavy (non-hydrogen) atoms. The summed E-state index contributed by atoms with van der Waals surface area (Å²) in [7, 11) is 0. The third-order valence-electron chi connectivity index (χ3n) is 8.63. The summed E-state index contributed by atoms with van der Waals surface area (Å²) in [5, 5.41) is 7.28. The maximum absolute atomic E-state index is 7.04. The minimum absolute atomic E-state index is 1.07. The molecule has 2 unspecified atom stereocenters. The second-order valence-electron chi connectivity index (χ2n) is 11.3. The van der Waals surface area contributed by atoms with Gasteiger partial charge in [-0.05, 0) is 72.5 Å². The summed E-state index contributed by atoms with van der Waals surface area (Å²) < 4.78 is 0. The van der Waals surface area contributed by atoms with E-state index in [1.165, 1.54) is 60.0 Å². The standard InChI is InChI=1S/C37H28N2P2S2/c1-25-15-17-31-33(20-25)40(42,29-11-5-3-6-12-29)35-22-28(27-10-9-19-38-24-27)23-36-37(35)39(31)32-18-16-26(2)21-34(32)41(36,43)30-13-7-4-8-14-30/h3-24H,1-2H3. The van der Waals surface area contributed by atoms with Crippen molar-refractivity contribution >= 4 is 84.6 Å². The molecule has 5 aromatic carbocycles. The first kappa shape index (κ1) is 26.9. The number of hydrogen-bond acceptors (Lipinski definition) is 4. The number of rotatable bonds is 3. The normalized spacial score (nSPS) is 19.7. The van der Waals surface area contributed by atoms with Gasteiger partial charge in [-0.2, -0.15) is 0 Å². The van der Waals surface area contributed by atoms with Crippen LogP contribution in [-0.2, 0) is 23.6 Å². The third-order valence-corrected chi connectivity index (χ3v) is 18.4. The first-order valence-electron chi connectivity index (χ1n) is 14.3. The molecule has 6 aromatic rings. The summed E-state index contributed by atoms with van der Waals surface area (Å²) in [6, 6.07) is 39.0. The van der Waals surface area contributed by atoms with E-state index in [2.05, 4.69) is 139 Å². The van der Waals surface area contributed by atoms with Gasteiger partial charge in [-0.25, -0.2) is 0 Å². The molecule has 2 nitrogen and oxygen atoms in total. The van der Waals surface area contributed by atoms with Crippen molar-refractivity contribution in [2.24, 2.45) is 0 Å². The Morgan fingerprint density at radius 1 is 0.535 bits per heavy atom. The zero-order valence-corrected chi connectivity index (χ0v) is 27.2. The van der Waals surface area contributed by atoms with Gasteiger partial charge in [0.2, 0.25) is 0 Å². The van der Waals surface area contributed by atoms with Crippen molar-refractivity contribution < 1.29 is 0 Å². The number of benzene rings is 5. The quantitative estimate of drug-likeness (QED) is 0.197. The fourth-order valence-corrected chi connectivity index (χ4v) is 15.4.